The molecule has 166 valence electrons. The summed E-state index contributed by atoms with van der Waals surface area (Å²) < 4.78 is 41.5. The number of hydrogen-bond donors (Lipinski definition) is 2. The molecule has 5 nitrogen and oxygen atoms in total. The van der Waals surface area contributed by atoms with Crippen LogP contribution in [0.1, 0.15) is 22.2 Å². The maximum atomic E-state index is 12.8. The quantitative estimate of drug-likeness (QED) is 0.501. The van der Waals surface area contributed by atoms with E-state index in [2.05, 4.69) is 20.4 Å². The predicted octanol–water partition coefficient (Wildman–Crippen LogP) is 5.63. The van der Waals surface area contributed by atoms with E-state index in [4.69, 9.17) is 0 Å². The average Bonchev–Trinajstić information content (AvgIpc) is 3.22. The van der Waals surface area contributed by atoms with Crippen LogP contribution in [0, 0.1) is 5.92 Å². The van der Waals surface area contributed by atoms with E-state index in [-0.39, 0.29) is 5.91 Å². The number of rotatable bonds is 6. The molecular weight excluding hydrogens is 439 g/mol. The molecule has 1 aliphatic rings. The first-order valence-electron chi connectivity index (χ1n) is 9.90. The number of anilines is 1. The molecule has 1 aromatic carbocycles. The molecule has 9 heteroatoms. The molecular formula is C23H20F3N3O2S. The first-order valence-corrected chi connectivity index (χ1v) is 10.8. The number of amides is 1. The second-order valence-electron chi connectivity index (χ2n) is 7.33. The van der Waals surface area contributed by atoms with Gasteiger partial charge in [0.1, 0.15) is 4.88 Å². The molecule has 0 saturated carbocycles. The molecule has 0 aliphatic heterocycles. The lowest BCUT2D eigenvalue weighted by Gasteiger charge is -2.24. The van der Waals surface area contributed by atoms with E-state index >= 15 is 0 Å². The summed E-state index contributed by atoms with van der Waals surface area (Å²) in [5, 5.41) is 8.90. The number of hydrogen-bond acceptors (Lipinski definition) is 5. The second kappa shape index (κ2) is 9.13. The lowest BCUT2D eigenvalue weighted by Crippen LogP contribution is -2.31. The molecule has 0 saturated heterocycles. The van der Waals surface area contributed by atoms with E-state index in [0.717, 1.165) is 16.5 Å². The molecule has 2 atom stereocenters. The standard InChI is InChI=1S/C23H20F3N3O2S/c1-14-12-16(6-7-20(14)31-23(24,25)26)29-22(30)21-19(9-11-32-21)28-13-15-8-10-27-18-5-3-2-4-17(15)18/h2-12,14,20,28H,13H2,1H3,(H,29,30). The van der Waals surface area contributed by atoms with Gasteiger partial charge in [-0.15, -0.1) is 24.5 Å². The Labute approximate surface area is 186 Å². The van der Waals surface area contributed by atoms with Crippen molar-refractivity contribution in [3.05, 3.63) is 82.3 Å². The van der Waals surface area contributed by atoms with Gasteiger partial charge in [-0.3, -0.25) is 14.5 Å². The number of carbonyl (C=O) groups is 1. The zero-order valence-electron chi connectivity index (χ0n) is 17.0. The Balaban J connectivity index is 1.42. The van der Waals surface area contributed by atoms with Crippen molar-refractivity contribution in [2.24, 2.45) is 5.92 Å². The summed E-state index contributed by atoms with van der Waals surface area (Å²) in [6.45, 7) is 2.11. The highest BCUT2D eigenvalue weighted by Crippen LogP contribution is 2.28. The Bertz CT molecular complexity index is 1180. The van der Waals surface area contributed by atoms with Crippen molar-refractivity contribution in [2.75, 3.05) is 5.32 Å². The summed E-state index contributed by atoms with van der Waals surface area (Å²) >= 11 is 1.28. The van der Waals surface area contributed by atoms with Crippen LogP contribution in [0.2, 0.25) is 0 Å². The number of aromatic nitrogens is 1. The van der Waals surface area contributed by atoms with Gasteiger partial charge in [0.05, 0.1) is 17.3 Å². The molecule has 0 fully saturated rings. The van der Waals surface area contributed by atoms with Crippen LogP contribution in [0.5, 0.6) is 0 Å². The van der Waals surface area contributed by atoms with E-state index in [1.54, 1.807) is 19.2 Å². The molecule has 2 heterocycles. The van der Waals surface area contributed by atoms with Crippen molar-refractivity contribution in [3.63, 3.8) is 0 Å². The van der Waals surface area contributed by atoms with Crippen molar-refractivity contribution >= 4 is 33.8 Å². The molecule has 2 unspecified atom stereocenters. The number of carbonyl (C=O) groups excluding carboxylic acids is 1. The third-order valence-electron chi connectivity index (χ3n) is 5.03. The number of halogens is 3. The number of allylic oxidation sites excluding steroid dienone is 1. The van der Waals surface area contributed by atoms with Crippen LogP contribution in [-0.4, -0.2) is 23.4 Å². The molecule has 0 bridgehead atoms. The zero-order chi connectivity index (χ0) is 22.7. The van der Waals surface area contributed by atoms with Crippen LogP contribution in [0.4, 0.5) is 18.9 Å². The van der Waals surface area contributed by atoms with Gasteiger partial charge in [0.2, 0.25) is 0 Å². The Morgan fingerprint density at radius 1 is 1.22 bits per heavy atom. The minimum absolute atomic E-state index is 0.333. The van der Waals surface area contributed by atoms with Crippen LogP contribution in [0.15, 0.2) is 71.9 Å². The molecule has 2 N–H and O–H groups in total. The van der Waals surface area contributed by atoms with Gasteiger partial charge in [0, 0.05) is 29.7 Å². The lowest BCUT2D eigenvalue weighted by atomic mass is 9.98. The van der Waals surface area contributed by atoms with Crippen molar-refractivity contribution < 1.29 is 22.7 Å². The lowest BCUT2D eigenvalue weighted by molar-refractivity contribution is -0.339. The van der Waals surface area contributed by atoms with E-state index < -0.39 is 18.4 Å². The summed E-state index contributed by atoms with van der Waals surface area (Å²) in [6, 6.07) is 11.6. The highest BCUT2D eigenvalue weighted by molar-refractivity contribution is 7.12. The summed E-state index contributed by atoms with van der Waals surface area (Å²) in [4.78, 5) is 17.6. The average molecular weight is 459 g/mol. The van der Waals surface area contributed by atoms with E-state index in [1.807, 2.05) is 41.8 Å². The highest BCUT2D eigenvalue weighted by Gasteiger charge is 2.35. The molecule has 1 aliphatic carbocycles. The minimum atomic E-state index is -4.71. The zero-order valence-corrected chi connectivity index (χ0v) is 17.8. The number of thiophene rings is 1. The Morgan fingerprint density at radius 3 is 2.81 bits per heavy atom. The van der Waals surface area contributed by atoms with Crippen molar-refractivity contribution in [1.82, 2.24) is 10.3 Å². The summed E-state index contributed by atoms with van der Waals surface area (Å²) in [5.74, 6) is -0.877. The first-order chi connectivity index (χ1) is 15.3. The molecule has 1 amide bonds. The fourth-order valence-electron chi connectivity index (χ4n) is 3.50. The maximum absolute atomic E-state index is 12.8. The molecule has 4 rings (SSSR count). The van der Waals surface area contributed by atoms with Gasteiger partial charge < -0.3 is 10.6 Å². The number of pyridine rings is 1. The molecule has 32 heavy (non-hydrogen) atoms. The van der Waals surface area contributed by atoms with Gasteiger partial charge in [-0.1, -0.05) is 37.3 Å². The van der Waals surface area contributed by atoms with Gasteiger partial charge in [-0.25, -0.2) is 0 Å². The fourth-order valence-corrected chi connectivity index (χ4v) is 4.27. The Kier molecular flexibility index (Phi) is 6.29. The van der Waals surface area contributed by atoms with E-state index in [9.17, 15) is 18.0 Å². The van der Waals surface area contributed by atoms with Crippen LogP contribution >= 0.6 is 11.3 Å². The summed E-state index contributed by atoms with van der Waals surface area (Å²) in [5.41, 5.74) is 3.06. The Morgan fingerprint density at radius 2 is 2.03 bits per heavy atom. The minimum Gasteiger partial charge on any atom is -0.380 e. The van der Waals surface area contributed by atoms with Gasteiger partial charge >= 0.3 is 6.36 Å². The maximum Gasteiger partial charge on any atom is 0.523 e. The van der Waals surface area contributed by atoms with E-state index in [0.29, 0.717) is 22.8 Å². The van der Waals surface area contributed by atoms with Crippen LogP contribution in [-0.2, 0) is 11.3 Å². The number of ether oxygens (including phenoxy) is 1. The van der Waals surface area contributed by atoms with Crippen LogP contribution in [0.25, 0.3) is 10.9 Å². The van der Waals surface area contributed by atoms with Crippen LogP contribution in [0.3, 0.4) is 0 Å². The van der Waals surface area contributed by atoms with Crippen molar-refractivity contribution in [3.8, 4) is 0 Å². The number of nitrogens with one attached hydrogen (secondary N) is 2. The molecule has 2 aromatic heterocycles. The van der Waals surface area contributed by atoms with Gasteiger partial charge in [0.25, 0.3) is 5.91 Å². The summed E-state index contributed by atoms with van der Waals surface area (Å²) in [6.07, 6.45) is 0.200. The number of fused-ring (bicyclic) bond motifs is 1. The summed E-state index contributed by atoms with van der Waals surface area (Å²) in [7, 11) is 0. The largest absolute Gasteiger partial charge is 0.523 e. The topological polar surface area (TPSA) is 63.2 Å². The first kappa shape index (κ1) is 22.0. The molecule has 3 aromatic rings. The third-order valence-corrected chi connectivity index (χ3v) is 5.95. The van der Waals surface area contributed by atoms with Gasteiger partial charge in [-0.05, 0) is 35.2 Å². The van der Waals surface area contributed by atoms with Crippen molar-refractivity contribution in [1.29, 1.82) is 0 Å². The smallest absolute Gasteiger partial charge is 0.380 e. The fraction of sp³-hybridized carbons (Fsp3) is 0.217. The predicted molar refractivity (Wildman–Crippen MR) is 118 cm³/mol. The highest BCUT2D eigenvalue weighted by atomic mass is 32.1. The normalized spacial score (nSPS) is 18.4. The number of benzene rings is 1. The number of para-hydroxylation sites is 1. The van der Waals surface area contributed by atoms with Gasteiger partial charge in [0.15, 0.2) is 0 Å². The SMILES string of the molecule is CC1C=C(NC(=O)c2sccc2NCc2ccnc3ccccc23)C=CC1OC(F)(F)F. The Hall–Kier alpha value is -3.17. The van der Waals surface area contributed by atoms with Gasteiger partial charge in [-0.2, -0.15) is 0 Å². The number of alkyl halides is 3. The third kappa shape index (κ3) is 5.17. The van der Waals surface area contributed by atoms with Crippen molar-refractivity contribution in [2.45, 2.75) is 25.9 Å². The monoisotopic (exact) mass is 459 g/mol. The molecule has 0 radical (unpaired) electrons. The van der Waals surface area contributed by atoms with E-state index in [1.165, 1.54) is 23.5 Å². The number of nitrogens with zero attached hydrogens (tertiary/aromatic N) is 1. The van der Waals surface area contributed by atoms with Crippen LogP contribution < -0.4 is 10.6 Å². The molecule has 0 spiro atoms. The second-order valence-corrected chi connectivity index (χ2v) is 8.24.